The van der Waals surface area contributed by atoms with Crippen molar-refractivity contribution < 1.29 is 0 Å². The highest BCUT2D eigenvalue weighted by Gasteiger charge is 2.52. The summed E-state index contributed by atoms with van der Waals surface area (Å²) in [6, 6.07) is 73.4. The maximum Gasteiger partial charge on any atom is 0.0726 e. The van der Waals surface area contributed by atoms with E-state index in [0.29, 0.717) is 0 Å². The van der Waals surface area contributed by atoms with E-state index in [1.165, 1.54) is 133 Å². The molecule has 0 bridgehead atoms. The van der Waals surface area contributed by atoms with Gasteiger partial charge in [0.2, 0.25) is 0 Å². The van der Waals surface area contributed by atoms with Crippen LogP contribution in [0, 0.1) is 0 Å². The zero-order valence-electron chi connectivity index (χ0n) is 43.3. The standard InChI is InChI=1S/C71H61N/c1-67(2,3)55-36-37-59-66-53(55)25-19-26-54(66)65-52-24-12-11-23-48(52)60(68(4,5)6)41-64(65)71(59)58-29-18-15-22-47(58)51-35-32-44(40-63(51)71)72(42-30-33-49-45-20-13-16-27-56(45)69(7,8)61(49)38-42)43-31-34-50-46-21-14-17-28-57(46)70(9,10)62(50)39-43/h11-41H,1-10H3. The van der Waals surface area contributed by atoms with Crippen LogP contribution in [0.4, 0.5) is 17.1 Å². The maximum atomic E-state index is 2.63. The fourth-order valence-corrected chi connectivity index (χ4v) is 14.4. The molecular weight excluding hydrogens is 867 g/mol. The van der Waals surface area contributed by atoms with Crippen molar-refractivity contribution >= 4 is 38.6 Å². The average Bonchev–Trinajstić information content (AvgIpc) is 3.88. The van der Waals surface area contributed by atoms with Gasteiger partial charge < -0.3 is 4.90 Å². The van der Waals surface area contributed by atoms with E-state index in [4.69, 9.17) is 0 Å². The van der Waals surface area contributed by atoms with Crippen LogP contribution in [0.15, 0.2) is 188 Å². The Balaban J connectivity index is 1.10. The minimum absolute atomic E-state index is 0.0560. The van der Waals surface area contributed by atoms with E-state index in [1.54, 1.807) is 0 Å². The van der Waals surface area contributed by atoms with Gasteiger partial charge in [0.05, 0.1) is 5.41 Å². The molecule has 0 saturated heterocycles. The molecule has 10 aromatic carbocycles. The number of hydrogen-bond donors (Lipinski definition) is 0. The van der Waals surface area contributed by atoms with E-state index >= 15 is 0 Å². The zero-order valence-corrected chi connectivity index (χ0v) is 43.3. The van der Waals surface area contributed by atoms with E-state index < -0.39 is 5.41 Å². The first-order valence-electron chi connectivity index (χ1n) is 26.2. The Labute approximate surface area is 425 Å². The molecule has 0 saturated carbocycles. The minimum atomic E-state index is -0.626. The minimum Gasteiger partial charge on any atom is -0.310 e. The molecule has 1 spiro atoms. The van der Waals surface area contributed by atoms with Crippen molar-refractivity contribution in [3.05, 3.63) is 244 Å². The van der Waals surface area contributed by atoms with Crippen molar-refractivity contribution in [1.82, 2.24) is 0 Å². The third-order valence-electron chi connectivity index (χ3n) is 17.7. The Morgan fingerprint density at radius 3 is 1.29 bits per heavy atom. The summed E-state index contributed by atoms with van der Waals surface area (Å²) in [6.45, 7) is 23.9. The molecule has 0 fully saturated rings. The average molecular weight is 928 g/mol. The molecule has 0 radical (unpaired) electrons. The Morgan fingerprint density at radius 2 is 0.736 bits per heavy atom. The van der Waals surface area contributed by atoms with Crippen LogP contribution in [0.1, 0.15) is 125 Å². The van der Waals surface area contributed by atoms with Gasteiger partial charge in [0.15, 0.2) is 0 Å². The maximum absolute atomic E-state index is 2.63. The molecular formula is C71H61N. The van der Waals surface area contributed by atoms with Gasteiger partial charge in [-0.25, -0.2) is 0 Å². The van der Waals surface area contributed by atoms with Crippen molar-refractivity contribution in [2.24, 2.45) is 0 Å². The largest absolute Gasteiger partial charge is 0.310 e. The van der Waals surface area contributed by atoms with Crippen LogP contribution in [0.3, 0.4) is 0 Å². The van der Waals surface area contributed by atoms with Crippen LogP contribution >= 0.6 is 0 Å². The van der Waals surface area contributed by atoms with Crippen LogP contribution in [0.25, 0.3) is 66.1 Å². The van der Waals surface area contributed by atoms with Gasteiger partial charge in [0.25, 0.3) is 0 Å². The first-order valence-corrected chi connectivity index (χ1v) is 26.2. The monoisotopic (exact) mass is 927 g/mol. The number of benzene rings is 10. The molecule has 14 rings (SSSR count). The van der Waals surface area contributed by atoms with Crippen LogP contribution in [0.2, 0.25) is 0 Å². The van der Waals surface area contributed by atoms with Gasteiger partial charge in [-0.3, -0.25) is 0 Å². The molecule has 0 amide bonds. The molecule has 350 valence electrons. The quantitative estimate of drug-likeness (QED) is 0.171. The van der Waals surface area contributed by atoms with E-state index in [1.807, 2.05) is 0 Å². The second kappa shape index (κ2) is 14.4. The Morgan fingerprint density at radius 1 is 0.306 bits per heavy atom. The Hall–Kier alpha value is -7.48. The topological polar surface area (TPSA) is 3.24 Å². The molecule has 1 atom stereocenters. The number of fused-ring (bicyclic) bond motifs is 17. The summed E-state index contributed by atoms with van der Waals surface area (Å²) in [5, 5.41) is 5.38. The predicted molar refractivity (Wildman–Crippen MR) is 305 cm³/mol. The molecule has 1 nitrogen and oxygen atoms in total. The van der Waals surface area contributed by atoms with Crippen LogP contribution in [0.5, 0.6) is 0 Å². The van der Waals surface area contributed by atoms with Crippen LogP contribution in [-0.2, 0) is 27.1 Å². The summed E-state index contributed by atoms with van der Waals surface area (Å²) in [4.78, 5) is 2.58. The molecule has 10 aromatic rings. The fraction of sp³-hybridized carbons (Fsp3) is 0.211. The second-order valence-corrected chi connectivity index (χ2v) is 24.4. The highest BCUT2D eigenvalue weighted by atomic mass is 15.1. The van der Waals surface area contributed by atoms with Crippen molar-refractivity contribution in [1.29, 1.82) is 0 Å². The lowest BCUT2D eigenvalue weighted by Gasteiger charge is -2.42. The fourth-order valence-electron chi connectivity index (χ4n) is 14.4. The van der Waals surface area contributed by atoms with Gasteiger partial charge in [-0.15, -0.1) is 0 Å². The molecule has 0 aliphatic heterocycles. The number of rotatable bonds is 3. The number of anilines is 3. The second-order valence-electron chi connectivity index (χ2n) is 24.4. The number of hydrogen-bond acceptors (Lipinski definition) is 1. The highest BCUT2D eigenvalue weighted by molar-refractivity contribution is 6.15. The van der Waals surface area contributed by atoms with Crippen molar-refractivity contribution in [2.75, 3.05) is 4.90 Å². The molecule has 72 heavy (non-hydrogen) atoms. The van der Waals surface area contributed by atoms with Gasteiger partial charge in [0, 0.05) is 27.9 Å². The molecule has 4 aliphatic rings. The lowest BCUT2D eigenvalue weighted by Crippen LogP contribution is -2.33. The summed E-state index contributed by atoms with van der Waals surface area (Å²) >= 11 is 0. The zero-order chi connectivity index (χ0) is 49.4. The first-order chi connectivity index (χ1) is 34.5. The van der Waals surface area contributed by atoms with Gasteiger partial charge in [0.1, 0.15) is 0 Å². The summed E-state index contributed by atoms with van der Waals surface area (Å²) in [7, 11) is 0. The SMILES string of the molecule is CC(C)(C)c1cc2c(c3ccccc13)-c1cccc3c(C(C)(C)C)ccc(c13)C21c2ccccc2-c2ccc(N(c3ccc4c(c3)C(C)(C)c3ccccc3-4)c3ccc4c(c3)C(C)(C)c3ccccc3-4)cc21. The van der Waals surface area contributed by atoms with E-state index in [-0.39, 0.29) is 21.7 Å². The van der Waals surface area contributed by atoms with Gasteiger partial charge >= 0.3 is 0 Å². The third-order valence-corrected chi connectivity index (χ3v) is 17.7. The smallest absolute Gasteiger partial charge is 0.0726 e. The first kappa shape index (κ1) is 43.3. The summed E-state index contributed by atoms with van der Waals surface area (Å²) < 4.78 is 0. The van der Waals surface area contributed by atoms with E-state index in [0.717, 1.165) is 5.69 Å². The lowest BCUT2D eigenvalue weighted by atomic mass is 9.59. The molecule has 0 heterocycles. The summed E-state index contributed by atoms with van der Waals surface area (Å²) in [5.74, 6) is 0. The predicted octanol–water partition coefficient (Wildman–Crippen LogP) is 19.0. The number of nitrogens with zero attached hydrogens (tertiary/aromatic N) is 1. The van der Waals surface area contributed by atoms with E-state index in [9.17, 15) is 0 Å². The van der Waals surface area contributed by atoms with Gasteiger partial charge in [-0.05, 0) is 169 Å². The molecule has 0 aromatic heterocycles. The summed E-state index contributed by atoms with van der Waals surface area (Å²) in [5.41, 5.74) is 26.7. The lowest BCUT2D eigenvalue weighted by molar-refractivity contribution is 0.592. The molecule has 0 N–H and O–H groups in total. The molecule has 4 aliphatic carbocycles. The van der Waals surface area contributed by atoms with Crippen LogP contribution in [-0.4, -0.2) is 0 Å². The van der Waals surface area contributed by atoms with Gasteiger partial charge in [-0.2, -0.15) is 0 Å². The molecule has 1 heteroatoms. The highest BCUT2D eigenvalue weighted by Crippen LogP contribution is 2.65. The Bertz CT molecular complexity index is 3900. The molecule has 1 unspecified atom stereocenters. The normalized spacial score (nSPS) is 17.0. The Kier molecular flexibility index (Phi) is 8.64. The summed E-state index contributed by atoms with van der Waals surface area (Å²) in [6.07, 6.45) is 0. The van der Waals surface area contributed by atoms with Crippen molar-refractivity contribution in [3.63, 3.8) is 0 Å². The van der Waals surface area contributed by atoms with E-state index in [2.05, 4.69) is 262 Å². The van der Waals surface area contributed by atoms with Crippen molar-refractivity contribution in [3.8, 4) is 44.5 Å². The van der Waals surface area contributed by atoms with Crippen LogP contribution < -0.4 is 4.90 Å². The third kappa shape index (κ3) is 5.55. The van der Waals surface area contributed by atoms with Gasteiger partial charge in [-0.1, -0.05) is 221 Å². The van der Waals surface area contributed by atoms with Crippen molar-refractivity contribution in [2.45, 2.75) is 96.3 Å².